The van der Waals surface area contributed by atoms with Crippen LogP contribution in [-0.2, 0) is 0 Å². The molecule has 3 aromatic rings. The first kappa shape index (κ1) is 10.7. The number of phenols is 1. The van der Waals surface area contributed by atoms with E-state index in [4.69, 9.17) is 13.6 Å². The van der Waals surface area contributed by atoms with E-state index in [-0.39, 0.29) is 22.1 Å². The first-order valence-corrected chi connectivity index (χ1v) is 5.34. The summed E-state index contributed by atoms with van der Waals surface area (Å²) in [4.78, 5) is 11.9. The van der Waals surface area contributed by atoms with Gasteiger partial charge in [0.2, 0.25) is 5.75 Å². The molecule has 0 spiro atoms. The highest BCUT2D eigenvalue weighted by atomic mass is 16.5. The molecule has 1 N–H and O–H groups in total. The van der Waals surface area contributed by atoms with E-state index in [1.54, 1.807) is 13.0 Å². The second kappa shape index (κ2) is 3.53. The summed E-state index contributed by atoms with van der Waals surface area (Å²) in [6.45, 7) is 1.66. The molecule has 0 aliphatic carbocycles. The lowest BCUT2D eigenvalue weighted by Crippen LogP contribution is -2.02. The highest BCUT2D eigenvalue weighted by molar-refractivity contribution is 6.06. The van der Waals surface area contributed by atoms with Crippen LogP contribution in [0.15, 0.2) is 32.0 Å². The van der Waals surface area contributed by atoms with Crippen LogP contribution in [0.5, 0.6) is 11.5 Å². The van der Waals surface area contributed by atoms with E-state index in [2.05, 4.69) is 0 Å². The summed E-state index contributed by atoms with van der Waals surface area (Å²) in [6.07, 6.45) is 1.42. The lowest BCUT2D eigenvalue weighted by molar-refractivity contribution is 0.401. The van der Waals surface area contributed by atoms with Crippen molar-refractivity contribution in [2.75, 3.05) is 7.11 Å². The molecule has 0 radical (unpaired) electrons. The van der Waals surface area contributed by atoms with Crippen LogP contribution in [0.25, 0.3) is 21.9 Å². The first-order chi connectivity index (χ1) is 8.63. The van der Waals surface area contributed by atoms with Gasteiger partial charge in [-0.05, 0) is 13.0 Å². The maximum Gasteiger partial charge on any atom is 0.206 e. The SMILES string of the molecule is COc1c2occc2c(O)c2c(=O)cc(C)oc12. The number of furan rings is 1. The summed E-state index contributed by atoms with van der Waals surface area (Å²) in [6, 6.07) is 2.90. The molecule has 18 heavy (non-hydrogen) atoms. The zero-order valence-corrected chi connectivity index (χ0v) is 9.81. The molecule has 2 heterocycles. The van der Waals surface area contributed by atoms with Crippen LogP contribution in [0.2, 0.25) is 0 Å². The molecule has 0 amide bonds. The average molecular weight is 246 g/mol. The van der Waals surface area contributed by atoms with Crippen LogP contribution in [0.1, 0.15) is 5.76 Å². The van der Waals surface area contributed by atoms with Gasteiger partial charge in [0.05, 0.1) is 18.8 Å². The second-order valence-corrected chi connectivity index (χ2v) is 3.97. The number of aromatic hydroxyl groups is 1. The summed E-state index contributed by atoms with van der Waals surface area (Å²) in [5.41, 5.74) is 0.242. The Morgan fingerprint density at radius 3 is 2.83 bits per heavy atom. The third kappa shape index (κ3) is 1.24. The van der Waals surface area contributed by atoms with Crippen molar-refractivity contribution in [3.05, 3.63) is 34.4 Å². The number of methoxy groups -OCH3 is 1. The highest BCUT2D eigenvalue weighted by Crippen LogP contribution is 2.41. The van der Waals surface area contributed by atoms with Gasteiger partial charge in [0.15, 0.2) is 16.6 Å². The number of hydrogen-bond acceptors (Lipinski definition) is 5. The van der Waals surface area contributed by atoms with Gasteiger partial charge >= 0.3 is 0 Å². The summed E-state index contributed by atoms with van der Waals surface area (Å²) >= 11 is 0. The molecule has 0 aliphatic rings. The maximum atomic E-state index is 11.9. The zero-order valence-electron chi connectivity index (χ0n) is 9.81. The minimum absolute atomic E-state index is 0.103. The van der Waals surface area contributed by atoms with Crippen molar-refractivity contribution in [3.8, 4) is 11.5 Å². The monoisotopic (exact) mass is 246 g/mol. The van der Waals surface area contributed by atoms with Crippen LogP contribution < -0.4 is 10.2 Å². The van der Waals surface area contributed by atoms with Crippen molar-refractivity contribution in [1.29, 1.82) is 0 Å². The Balaban J connectivity index is 2.70. The third-order valence-corrected chi connectivity index (χ3v) is 2.84. The van der Waals surface area contributed by atoms with Gasteiger partial charge in [-0.15, -0.1) is 0 Å². The molecule has 0 unspecified atom stereocenters. The molecule has 0 saturated heterocycles. The molecule has 0 saturated carbocycles. The number of benzene rings is 1. The second-order valence-electron chi connectivity index (χ2n) is 3.97. The third-order valence-electron chi connectivity index (χ3n) is 2.84. The summed E-state index contributed by atoms with van der Waals surface area (Å²) in [5.74, 6) is 0.600. The maximum absolute atomic E-state index is 11.9. The molecule has 1 aromatic carbocycles. The lowest BCUT2D eigenvalue weighted by Gasteiger charge is -2.07. The molecule has 0 atom stereocenters. The van der Waals surface area contributed by atoms with Crippen LogP contribution in [0.4, 0.5) is 0 Å². The Morgan fingerprint density at radius 1 is 1.33 bits per heavy atom. The Bertz CT molecular complexity index is 809. The summed E-state index contributed by atoms with van der Waals surface area (Å²) in [7, 11) is 1.45. The molecule has 3 rings (SSSR count). The average Bonchev–Trinajstić information content (AvgIpc) is 2.78. The highest BCUT2D eigenvalue weighted by Gasteiger charge is 2.20. The van der Waals surface area contributed by atoms with Crippen molar-refractivity contribution in [3.63, 3.8) is 0 Å². The predicted octanol–water partition coefficient (Wildman–Crippen LogP) is 2.56. The van der Waals surface area contributed by atoms with Crippen molar-refractivity contribution in [2.45, 2.75) is 6.92 Å². The van der Waals surface area contributed by atoms with Crippen LogP contribution in [0, 0.1) is 6.92 Å². The van der Waals surface area contributed by atoms with E-state index in [9.17, 15) is 9.90 Å². The van der Waals surface area contributed by atoms with E-state index in [0.717, 1.165) is 0 Å². The van der Waals surface area contributed by atoms with Gasteiger partial charge in [0.1, 0.15) is 16.9 Å². The Hall–Kier alpha value is -2.43. The van der Waals surface area contributed by atoms with Crippen molar-refractivity contribution < 1.29 is 18.7 Å². The molecule has 0 bridgehead atoms. The first-order valence-electron chi connectivity index (χ1n) is 5.34. The quantitative estimate of drug-likeness (QED) is 0.714. The van der Waals surface area contributed by atoms with Gasteiger partial charge in [-0.25, -0.2) is 0 Å². The zero-order chi connectivity index (χ0) is 12.9. The van der Waals surface area contributed by atoms with E-state index in [1.165, 1.54) is 19.4 Å². The van der Waals surface area contributed by atoms with E-state index >= 15 is 0 Å². The largest absolute Gasteiger partial charge is 0.506 e. The molecule has 0 aliphatic heterocycles. The van der Waals surface area contributed by atoms with Crippen LogP contribution >= 0.6 is 0 Å². The molecular formula is C13H10O5. The topological polar surface area (TPSA) is 72.8 Å². The van der Waals surface area contributed by atoms with Gasteiger partial charge in [-0.2, -0.15) is 0 Å². The lowest BCUT2D eigenvalue weighted by atomic mass is 10.1. The number of hydrogen-bond donors (Lipinski definition) is 1. The number of fused-ring (bicyclic) bond motifs is 2. The van der Waals surface area contributed by atoms with E-state index < -0.39 is 0 Å². The Morgan fingerprint density at radius 2 is 2.11 bits per heavy atom. The summed E-state index contributed by atoms with van der Waals surface area (Å²) in [5, 5.41) is 10.6. The Kier molecular flexibility index (Phi) is 2.10. The van der Waals surface area contributed by atoms with Crippen LogP contribution in [-0.4, -0.2) is 12.2 Å². The van der Waals surface area contributed by atoms with Crippen molar-refractivity contribution in [1.82, 2.24) is 0 Å². The molecule has 2 aromatic heterocycles. The molecular weight excluding hydrogens is 236 g/mol. The standard InChI is InChI=1S/C13H10O5/c1-6-5-8(14)9-10(15)7-3-4-17-11(7)13(16-2)12(9)18-6/h3-5,15H,1-2H3. The fourth-order valence-corrected chi connectivity index (χ4v) is 2.09. The minimum atomic E-state index is -0.312. The fraction of sp³-hybridized carbons (Fsp3) is 0.154. The van der Waals surface area contributed by atoms with Crippen molar-refractivity contribution in [2.24, 2.45) is 0 Å². The molecule has 0 fully saturated rings. The normalized spacial score (nSPS) is 11.2. The molecule has 5 nitrogen and oxygen atoms in total. The van der Waals surface area contributed by atoms with Gasteiger partial charge in [-0.1, -0.05) is 0 Å². The molecule has 92 valence electrons. The van der Waals surface area contributed by atoms with E-state index in [1.807, 2.05) is 0 Å². The number of rotatable bonds is 1. The minimum Gasteiger partial charge on any atom is -0.506 e. The van der Waals surface area contributed by atoms with Gasteiger partial charge < -0.3 is 18.7 Å². The van der Waals surface area contributed by atoms with Crippen LogP contribution in [0.3, 0.4) is 0 Å². The van der Waals surface area contributed by atoms with E-state index in [0.29, 0.717) is 22.5 Å². The smallest absolute Gasteiger partial charge is 0.206 e. The molecule has 5 heteroatoms. The predicted molar refractivity (Wildman–Crippen MR) is 65.2 cm³/mol. The van der Waals surface area contributed by atoms with Crippen molar-refractivity contribution >= 4 is 21.9 Å². The Labute approximate surface area is 101 Å². The van der Waals surface area contributed by atoms with Gasteiger partial charge in [0, 0.05) is 6.07 Å². The van der Waals surface area contributed by atoms with Gasteiger partial charge in [-0.3, -0.25) is 4.79 Å². The number of ether oxygens (including phenoxy) is 1. The summed E-state index contributed by atoms with van der Waals surface area (Å²) < 4.78 is 16.0. The number of phenolic OH excluding ortho intramolecular Hbond substituents is 1. The fourth-order valence-electron chi connectivity index (χ4n) is 2.09. The number of aryl methyl sites for hydroxylation is 1. The van der Waals surface area contributed by atoms with Gasteiger partial charge in [0.25, 0.3) is 0 Å².